The van der Waals surface area contributed by atoms with Crippen LogP contribution in [0.25, 0.3) is 0 Å². The van der Waals surface area contributed by atoms with Gasteiger partial charge in [0.15, 0.2) is 0 Å². The third kappa shape index (κ3) is 13.5. The molecule has 0 saturated carbocycles. The normalized spacial score (nSPS) is 17.7. The highest BCUT2D eigenvalue weighted by molar-refractivity contribution is 8.00. The minimum Gasteiger partial charge on any atom is -0.379 e. The summed E-state index contributed by atoms with van der Waals surface area (Å²) in [4.78, 5) is 63.5. The standard InChI is InChI=1S/C44H69N5O5S2/c1-12-31(6)42(48(9)44(53)40(29(2)3)46-43(52)41(30(4)5)47(7)8)36(54-10)27-39(51)49-26-16-19-35(49)37(56-34-22-20-33(55-11)21-23-34)28-38(50)45-25-24-32-17-14-13-15-18-32/h13-15,17-18,20-23,29-31,35-37,40-42H,12,16,19,24-28H2,1-11H3,(H,45,50)(H,46,52). The van der Waals surface area contributed by atoms with Crippen molar-refractivity contribution in [2.45, 2.75) is 125 Å². The van der Waals surface area contributed by atoms with Crippen molar-refractivity contribution in [2.75, 3.05) is 47.6 Å². The van der Waals surface area contributed by atoms with Crippen molar-refractivity contribution in [3.8, 4) is 0 Å². The maximum Gasteiger partial charge on any atom is 0.245 e. The van der Waals surface area contributed by atoms with Crippen LogP contribution in [0, 0.1) is 17.8 Å². The van der Waals surface area contributed by atoms with Crippen molar-refractivity contribution < 1.29 is 23.9 Å². The molecule has 2 aromatic rings. The number of hydrogen-bond donors (Lipinski definition) is 2. The first-order valence-corrected chi connectivity index (χ1v) is 22.4. The van der Waals surface area contributed by atoms with E-state index in [1.54, 1.807) is 42.6 Å². The molecule has 12 heteroatoms. The second-order valence-electron chi connectivity index (χ2n) is 16.1. The summed E-state index contributed by atoms with van der Waals surface area (Å²) in [6, 6.07) is 16.8. The van der Waals surface area contributed by atoms with Crippen LogP contribution in [0.15, 0.2) is 64.4 Å². The van der Waals surface area contributed by atoms with E-state index in [9.17, 15) is 19.2 Å². The first-order chi connectivity index (χ1) is 26.6. The molecular weight excluding hydrogens is 743 g/mol. The first-order valence-electron chi connectivity index (χ1n) is 20.3. The number of benzene rings is 2. The molecule has 1 saturated heterocycles. The minimum atomic E-state index is -0.738. The third-order valence-corrected chi connectivity index (χ3v) is 13.2. The Labute approximate surface area is 346 Å². The van der Waals surface area contributed by atoms with Crippen LogP contribution in [0.5, 0.6) is 0 Å². The van der Waals surface area contributed by atoms with E-state index in [0.717, 1.165) is 30.6 Å². The molecule has 56 heavy (non-hydrogen) atoms. The number of rotatable bonds is 22. The van der Waals surface area contributed by atoms with E-state index in [2.05, 4.69) is 60.9 Å². The van der Waals surface area contributed by atoms with E-state index in [4.69, 9.17) is 4.74 Å². The monoisotopic (exact) mass is 811 g/mol. The van der Waals surface area contributed by atoms with Crippen LogP contribution in [-0.4, -0.2) is 121 Å². The number of amides is 4. The Kier molecular flexibility index (Phi) is 19.7. The summed E-state index contributed by atoms with van der Waals surface area (Å²) in [6.07, 6.45) is 5.02. The Bertz CT molecular complexity index is 1520. The van der Waals surface area contributed by atoms with Crippen molar-refractivity contribution in [3.63, 3.8) is 0 Å². The van der Waals surface area contributed by atoms with Crippen molar-refractivity contribution in [3.05, 3.63) is 60.2 Å². The van der Waals surface area contributed by atoms with Crippen LogP contribution in [0.4, 0.5) is 0 Å². The van der Waals surface area contributed by atoms with Crippen LogP contribution >= 0.6 is 23.5 Å². The van der Waals surface area contributed by atoms with Gasteiger partial charge in [-0.1, -0.05) is 78.3 Å². The summed E-state index contributed by atoms with van der Waals surface area (Å²) in [5, 5.41) is 6.05. The fourth-order valence-electron chi connectivity index (χ4n) is 7.94. The maximum absolute atomic E-state index is 14.4. The van der Waals surface area contributed by atoms with Gasteiger partial charge >= 0.3 is 0 Å². The van der Waals surface area contributed by atoms with E-state index < -0.39 is 18.2 Å². The Hall–Kier alpha value is -3.06. The van der Waals surface area contributed by atoms with Gasteiger partial charge in [-0.25, -0.2) is 0 Å². The number of methoxy groups -OCH3 is 1. The van der Waals surface area contributed by atoms with Crippen LogP contribution in [-0.2, 0) is 30.3 Å². The summed E-state index contributed by atoms with van der Waals surface area (Å²) in [5.41, 5.74) is 1.17. The van der Waals surface area contributed by atoms with Gasteiger partial charge < -0.3 is 25.2 Å². The minimum absolute atomic E-state index is 0.0110. The number of likely N-dealkylation sites (tertiary alicyclic amines) is 1. The SMILES string of the molecule is CCC(C)C(C(CC(=O)N1CCCC1C(CC(=O)NCCc1ccccc1)Sc1ccc(SC)cc1)OC)N(C)C(=O)C(NC(=O)C(C(C)C)N(C)C)C(C)C. The molecule has 1 aliphatic rings. The number of thioether (sulfide) groups is 2. The maximum atomic E-state index is 14.4. The number of carbonyl (C=O) groups excluding carboxylic acids is 4. The van der Waals surface area contributed by atoms with Gasteiger partial charge in [-0.3, -0.25) is 24.1 Å². The Morgan fingerprint density at radius 2 is 1.55 bits per heavy atom. The average molecular weight is 812 g/mol. The number of ether oxygens (including phenoxy) is 1. The predicted molar refractivity (Wildman–Crippen MR) is 231 cm³/mol. The molecule has 7 unspecified atom stereocenters. The molecule has 10 nitrogen and oxygen atoms in total. The first kappa shape index (κ1) is 47.3. The Morgan fingerprint density at radius 1 is 0.911 bits per heavy atom. The van der Waals surface area contributed by atoms with E-state index >= 15 is 0 Å². The van der Waals surface area contributed by atoms with Crippen LogP contribution in [0.2, 0.25) is 0 Å². The molecule has 4 amide bonds. The highest BCUT2D eigenvalue weighted by Crippen LogP contribution is 2.36. The summed E-state index contributed by atoms with van der Waals surface area (Å²) in [6.45, 7) is 13.2. The van der Waals surface area contributed by atoms with Crippen LogP contribution in [0.3, 0.4) is 0 Å². The predicted octanol–water partition coefficient (Wildman–Crippen LogP) is 6.61. The molecule has 0 radical (unpaired) electrons. The van der Waals surface area contributed by atoms with Crippen molar-refractivity contribution in [1.29, 1.82) is 0 Å². The second kappa shape index (κ2) is 23.4. The molecule has 7 atom stereocenters. The smallest absolute Gasteiger partial charge is 0.245 e. The lowest BCUT2D eigenvalue weighted by Crippen LogP contribution is -2.59. The van der Waals surface area contributed by atoms with E-state index in [0.29, 0.717) is 13.1 Å². The van der Waals surface area contributed by atoms with Crippen molar-refractivity contribution >= 4 is 47.2 Å². The molecule has 0 aliphatic carbocycles. The molecule has 0 spiro atoms. The molecule has 312 valence electrons. The molecule has 1 heterocycles. The van der Waals surface area contributed by atoms with Gasteiger partial charge in [0.1, 0.15) is 6.04 Å². The van der Waals surface area contributed by atoms with Gasteiger partial charge in [0.2, 0.25) is 23.6 Å². The van der Waals surface area contributed by atoms with Crippen LogP contribution < -0.4 is 10.6 Å². The molecular formula is C44H69N5O5S2. The Balaban J connectivity index is 1.83. The Morgan fingerprint density at radius 3 is 2.11 bits per heavy atom. The van der Waals surface area contributed by atoms with Gasteiger partial charge in [-0.2, -0.15) is 0 Å². The number of nitrogens with one attached hydrogen (secondary N) is 2. The van der Waals surface area contributed by atoms with Crippen LogP contribution in [0.1, 0.15) is 79.2 Å². The van der Waals surface area contributed by atoms with Gasteiger partial charge in [-0.15, -0.1) is 23.5 Å². The quantitative estimate of drug-likeness (QED) is 0.128. The number of carbonyl (C=O) groups is 4. The lowest BCUT2D eigenvalue weighted by Gasteiger charge is -2.41. The largest absolute Gasteiger partial charge is 0.379 e. The molecule has 1 aliphatic heterocycles. The van der Waals surface area contributed by atoms with Gasteiger partial charge in [0.05, 0.1) is 24.6 Å². The fraction of sp³-hybridized carbons (Fsp3) is 0.636. The third-order valence-electron chi connectivity index (χ3n) is 11.1. The molecule has 2 N–H and O–H groups in total. The zero-order valence-corrected chi connectivity index (χ0v) is 37.4. The summed E-state index contributed by atoms with van der Waals surface area (Å²) in [5.74, 6) is -0.529. The molecule has 0 bridgehead atoms. The average Bonchev–Trinajstić information content (AvgIpc) is 3.66. The lowest BCUT2D eigenvalue weighted by molar-refractivity contribution is -0.146. The van der Waals surface area contributed by atoms with Gasteiger partial charge in [0.25, 0.3) is 0 Å². The summed E-state index contributed by atoms with van der Waals surface area (Å²) >= 11 is 3.35. The highest BCUT2D eigenvalue weighted by Gasteiger charge is 2.41. The molecule has 0 aromatic heterocycles. The zero-order valence-electron chi connectivity index (χ0n) is 35.7. The lowest BCUT2D eigenvalue weighted by atomic mass is 9.89. The van der Waals surface area contributed by atoms with Crippen molar-refractivity contribution in [1.82, 2.24) is 25.3 Å². The van der Waals surface area contributed by atoms with Gasteiger partial charge in [0, 0.05) is 54.8 Å². The van der Waals surface area contributed by atoms with E-state index in [1.807, 2.05) is 76.0 Å². The fourth-order valence-corrected chi connectivity index (χ4v) is 9.67. The molecule has 1 fully saturated rings. The second-order valence-corrected chi connectivity index (χ2v) is 18.3. The number of nitrogens with zero attached hydrogens (tertiary/aromatic N) is 3. The number of hydrogen-bond acceptors (Lipinski definition) is 8. The van der Waals surface area contributed by atoms with E-state index in [1.165, 1.54) is 10.5 Å². The van der Waals surface area contributed by atoms with Gasteiger partial charge in [-0.05, 0) is 87.2 Å². The topological polar surface area (TPSA) is 111 Å². The summed E-state index contributed by atoms with van der Waals surface area (Å²) in [7, 11) is 7.12. The molecule has 2 aromatic carbocycles. The summed E-state index contributed by atoms with van der Waals surface area (Å²) < 4.78 is 6.11. The van der Waals surface area contributed by atoms with E-state index in [-0.39, 0.29) is 71.6 Å². The highest BCUT2D eigenvalue weighted by atomic mass is 32.2. The number of likely N-dealkylation sites (N-methyl/N-ethyl adjacent to an activating group) is 2. The molecule has 3 rings (SSSR count). The van der Waals surface area contributed by atoms with Crippen molar-refractivity contribution in [2.24, 2.45) is 17.8 Å². The zero-order chi connectivity index (χ0) is 41.5.